The number of rotatable bonds is 2. The largest absolute Gasteiger partial charge is 0.293 e. The lowest BCUT2D eigenvalue weighted by atomic mass is 10.4. The number of nitrogens with zero attached hydrogens (tertiary/aromatic N) is 1. The molecule has 0 aromatic heterocycles. The molecule has 0 fully saturated rings. The van der Waals surface area contributed by atoms with E-state index in [4.69, 9.17) is 11.7 Å². The van der Waals surface area contributed by atoms with Gasteiger partial charge in [0.25, 0.3) is 10.0 Å². The Balaban J connectivity index is 3.10. The molecule has 1 aromatic carbocycles. The molecule has 6 N–H and O–H groups in total. The first-order chi connectivity index (χ1) is 7.10. The van der Waals surface area contributed by atoms with Crippen molar-refractivity contribution in [3.63, 3.8) is 0 Å². The van der Waals surface area contributed by atoms with Crippen molar-refractivity contribution in [2.45, 2.75) is 4.90 Å². The molecule has 0 heterocycles. The highest BCUT2D eigenvalue weighted by atomic mass is 32.2. The van der Waals surface area contributed by atoms with Gasteiger partial charge in [-0.3, -0.25) is 10.9 Å². The summed E-state index contributed by atoms with van der Waals surface area (Å²) in [6.45, 7) is 0. The molecule has 0 aliphatic rings. The summed E-state index contributed by atoms with van der Waals surface area (Å²) in [5, 5.41) is 0. The number of nitrogens with two attached hydrogens (primary N) is 2. The van der Waals surface area contributed by atoms with Crippen LogP contribution in [0.5, 0.6) is 0 Å². The fraction of sp³-hybridized carbons (Fsp3) is 0. The molecule has 0 unspecified atom stereocenters. The second-order valence-corrected chi connectivity index (χ2v) is 4.12. The number of hydrazine groups is 2. The number of hydrogen-bond donors (Lipinski definition) is 4. The molecule has 15 heavy (non-hydrogen) atoms. The van der Waals surface area contributed by atoms with Crippen LogP contribution in [0.15, 0.2) is 39.6 Å². The average molecular weight is 229 g/mol. The summed E-state index contributed by atoms with van der Waals surface area (Å²) < 4.78 is 26.5. The van der Waals surface area contributed by atoms with Crippen molar-refractivity contribution in [1.29, 1.82) is 0 Å². The van der Waals surface area contributed by atoms with Crippen LogP contribution in [0.1, 0.15) is 0 Å². The van der Waals surface area contributed by atoms with Crippen LogP contribution < -0.4 is 22.5 Å². The normalized spacial score (nSPS) is 10.5. The Labute approximate surface area is 87.2 Å². The third-order valence-electron chi connectivity index (χ3n) is 1.53. The molecule has 7 nitrogen and oxygen atoms in total. The molecule has 0 amide bonds. The van der Waals surface area contributed by atoms with Gasteiger partial charge >= 0.3 is 0 Å². The van der Waals surface area contributed by atoms with Gasteiger partial charge in [0.2, 0.25) is 5.96 Å². The van der Waals surface area contributed by atoms with Crippen molar-refractivity contribution in [2.24, 2.45) is 16.1 Å². The molecule has 0 bridgehead atoms. The third-order valence-corrected chi connectivity index (χ3v) is 2.82. The standard InChI is InChI=1S/C7H11N5O2S/c8-10-7(11-9)12-15(13,14)6-4-2-1-3-5-6/h1-5H,8-9H2,(H2,10,11,12). The number of hydrogen-bond acceptors (Lipinski definition) is 4. The maximum atomic E-state index is 11.6. The van der Waals surface area contributed by atoms with Gasteiger partial charge in [-0.05, 0) is 12.1 Å². The Morgan fingerprint density at radius 2 is 1.67 bits per heavy atom. The van der Waals surface area contributed by atoms with Crippen LogP contribution in [0.25, 0.3) is 0 Å². The van der Waals surface area contributed by atoms with Crippen molar-refractivity contribution >= 4 is 16.0 Å². The summed E-state index contributed by atoms with van der Waals surface area (Å²) in [6.07, 6.45) is 0. The van der Waals surface area contributed by atoms with Crippen molar-refractivity contribution in [3.8, 4) is 0 Å². The number of guanidine groups is 1. The molecule has 1 aromatic rings. The highest BCUT2D eigenvalue weighted by Crippen LogP contribution is 2.10. The lowest BCUT2D eigenvalue weighted by molar-refractivity contribution is 0.597. The molecule has 82 valence electrons. The van der Waals surface area contributed by atoms with E-state index < -0.39 is 10.0 Å². The lowest BCUT2D eigenvalue weighted by Gasteiger charge is -2.03. The van der Waals surface area contributed by atoms with Gasteiger partial charge in [-0.2, -0.15) is 8.42 Å². The molecule has 0 aliphatic carbocycles. The SMILES string of the molecule is NNC(=NS(=O)(=O)c1ccccc1)NN. The van der Waals surface area contributed by atoms with Gasteiger partial charge in [0, 0.05) is 0 Å². The number of nitrogens with one attached hydrogen (secondary N) is 2. The Morgan fingerprint density at radius 1 is 1.13 bits per heavy atom. The second-order valence-electron chi connectivity index (χ2n) is 2.52. The van der Waals surface area contributed by atoms with Crippen LogP contribution in [0.4, 0.5) is 0 Å². The van der Waals surface area contributed by atoms with E-state index in [-0.39, 0.29) is 10.9 Å². The second kappa shape index (κ2) is 4.73. The van der Waals surface area contributed by atoms with Gasteiger partial charge in [-0.1, -0.05) is 18.2 Å². The highest BCUT2D eigenvalue weighted by Gasteiger charge is 2.12. The Morgan fingerprint density at radius 3 is 2.13 bits per heavy atom. The minimum Gasteiger partial charge on any atom is -0.293 e. The molecule has 8 heteroatoms. The topological polar surface area (TPSA) is 123 Å². The molecule has 0 radical (unpaired) electrons. The van der Waals surface area contributed by atoms with E-state index in [0.717, 1.165) is 0 Å². The predicted octanol–water partition coefficient (Wildman–Crippen LogP) is -1.34. The first-order valence-electron chi connectivity index (χ1n) is 3.93. The monoisotopic (exact) mass is 229 g/mol. The molecule has 0 atom stereocenters. The molecule has 1 rings (SSSR count). The first-order valence-corrected chi connectivity index (χ1v) is 5.37. The van der Waals surface area contributed by atoms with Gasteiger partial charge in [-0.15, -0.1) is 4.40 Å². The Bertz CT molecular complexity index is 436. The maximum absolute atomic E-state index is 11.6. The minimum absolute atomic E-state index is 0.0630. The summed E-state index contributed by atoms with van der Waals surface area (Å²) in [4.78, 5) is 0.0630. The zero-order valence-electron chi connectivity index (χ0n) is 7.71. The van der Waals surface area contributed by atoms with Crippen LogP contribution in [-0.4, -0.2) is 14.4 Å². The zero-order valence-corrected chi connectivity index (χ0v) is 8.53. The summed E-state index contributed by atoms with van der Waals surface area (Å²) in [7, 11) is -3.78. The van der Waals surface area contributed by atoms with Gasteiger partial charge in [-0.25, -0.2) is 11.7 Å². The van der Waals surface area contributed by atoms with Crippen molar-refractivity contribution < 1.29 is 8.42 Å². The molecule has 0 saturated carbocycles. The van der Waals surface area contributed by atoms with Crippen LogP contribution >= 0.6 is 0 Å². The van der Waals surface area contributed by atoms with E-state index in [2.05, 4.69) is 4.40 Å². The van der Waals surface area contributed by atoms with Gasteiger partial charge in [0.1, 0.15) is 0 Å². The van der Waals surface area contributed by atoms with Crippen molar-refractivity contribution in [2.75, 3.05) is 0 Å². The zero-order chi connectivity index (χ0) is 11.3. The Kier molecular flexibility index (Phi) is 3.61. The van der Waals surface area contributed by atoms with E-state index in [9.17, 15) is 8.42 Å². The predicted molar refractivity (Wildman–Crippen MR) is 55.7 cm³/mol. The molecule has 0 saturated heterocycles. The molecular weight excluding hydrogens is 218 g/mol. The fourth-order valence-corrected chi connectivity index (χ4v) is 1.81. The van der Waals surface area contributed by atoms with E-state index in [1.807, 2.05) is 10.9 Å². The number of sulfonamides is 1. The van der Waals surface area contributed by atoms with E-state index in [0.29, 0.717) is 0 Å². The smallest absolute Gasteiger partial charge is 0.285 e. The minimum atomic E-state index is -3.78. The summed E-state index contributed by atoms with van der Waals surface area (Å²) in [5.41, 5.74) is 4.02. The molecule has 0 spiro atoms. The average Bonchev–Trinajstić information content (AvgIpc) is 2.27. The van der Waals surface area contributed by atoms with E-state index in [1.54, 1.807) is 18.2 Å². The van der Waals surface area contributed by atoms with Gasteiger partial charge < -0.3 is 0 Å². The van der Waals surface area contributed by atoms with Crippen LogP contribution in [0.2, 0.25) is 0 Å². The quantitative estimate of drug-likeness (QED) is 0.215. The number of benzene rings is 1. The summed E-state index contributed by atoms with van der Waals surface area (Å²) >= 11 is 0. The lowest BCUT2D eigenvalue weighted by Crippen LogP contribution is -2.45. The van der Waals surface area contributed by atoms with Crippen molar-refractivity contribution in [1.82, 2.24) is 10.9 Å². The van der Waals surface area contributed by atoms with E-state index in [1.165, 1.54) is 12.1 Å². The third kappa shape index (κ3) is 2.91. The van der Waals surface area contributed by atoms with Crippen LogP contribution in [-0.2, 0) is 10.0 Å². The van der Waals surface area contributed by atoms with Crippen LogP contribution in [0.3, 0.4) is 0 Å². The summed E-state index contributed by atoms with van der Waals surface area (Å²) in [6, 6.07) is 7.72. The molecular formula is C7H11N5O2S. The fourth-order valence-electron chi connectivity index (χ4n) is 0.860. The van der Waals surface area contributed by atoms with E-state index >= 15 is 0 Å². The van der Waals surface area contributed by atoms with Gasteiger partial charge in [0.05, 0.1) is 4.90 Å². The summed E-state index contributed by atoms with van der Waals surface area (Å²) in [5.74, 6) is 9.72. The molecule has 0 aliphatic heterocycles. The Hall–Kier alpha value is -1.64. The van der Waals surface area contributed by atoms with Crippen LogP contribution in [0, 0.1) is 0 Å². The van der Waals surface area contributed by atoms with Gasteiger partial charge in [0.15, 0.2) is 0 Å². The highest BCUT2D eigenvalue weighted by molar-refractivity contribution is 7.90. The van der Waals surface area contributed by atoms with Crippen molar-refractivity contribution in [3.05, 3.63) is 30.3 Å². The first kappa shape index (κ1) is 11.4. The maximum Gasteiger partial charge on any atom is 0.285 e.